The summed E-state index contributed by atoms with van der Waals surface area (Å²) in [6.07, 6.45) is 0.755. The Balaban J connectivity index is 3.26. The van der Waals surface area contributed by atoms with Crippen molar-refractivity contribution in [2.24, 2.45) is 5.92 Å². The van der Waals surface area contributed by atoms with Crippen LogP contribution >= 0.6 is 0 Å². The molecule has 1 rings (SSSR count). The summed E-state index contributed by atoms with van der Waals surface area (Å²) in [4.78, 5) is 11.9. The fraction of sp³-hybridized carbons (Fsp3) is 0.562. The van der Waals surface area contributed by atoms with Gasteiger partial charge in [0.2, 0.25) is 0 Å². The van der Waals surface area contributed by atoms with E-state index in [0.717, 1.165) is 6.42 Å². The van der Waals surface area contributed by atoms with E-state index in [1.807, 2.05) is 14.0 Å². The van der Waals surface area contributed by atoms with Gasteiger partial charge in [0.15, 0.2) is 0 Å². The molecule has 0 saturated heterocycles. The number of nitrogens with one attached hydrogen (secondary N) is 1. The maximum Gasteiger partial charge on any atom is 0.310 e. The summed E-state index contributed by atoms with van der Waals surface area (Å²) in [5.41, 5.74) is 4.91. The average molecular weight is 263 g/mol. The van der Waals surface area contributed by atoms with E-state index in [0.29, 0.717) is 0 Å². The lowest BCUT2D eigenvalue weighted by molar-refractivity contribution is -0.146. The zero-order chi connectivity index (χ0) is 14.6. The Kier molecular flexibility index (Phi) is 5.55. The molecule has 0 aliphatic rings. The van der Waals surface area contributed by atoms with Crippen molar-refractivity contribution in [3.05, 3.63) is 34.4 Å². The van der Waals surface area contributed by atoms with Gasteiger partial charge in [0.05, 0.1) is 13.0 Å². The van der Waals surface area contributed by atoms with E-state index in [4.69, 9.17) is 4.74 Å². The van der Waals surface area contributed by atoms with Crippen molar-refractivity contribution in [3.63, 3.8) is 0 Å². The number of carbonyl (C=O) groups excluding carboxylic acids is 1. The highest BCUT2D eigenvalue weighted by Crippen LogP contribution is 2.31. The van der Waals surface area contributed by atoms with Crippen molar-refractivity contribution >= 4 is 5.97 Å². The molecule has 3 heteroatoms. The predicted molar refractivity (Wildman–Crippen MR) is 78.3 cm³/mol. The van der Waals surface area contributed by atoms with Crippen molar-refractivity contribution in [2.75, 3.05) is 14.2 Å². The highest BCUT2D eigenvalue weighted by Gasteiger charge is 2.29. The summed E-state index contributed by atoms with van der Waals surface area (Å²) in [7, 11) is 3.35. The van der Waals surface area contributed by atoms with Gasteiger partial charge in [-0.2, -0.15) is 0 Å². The van der Waals surface area contributed by atoms with Crippen LogP contribution in [0.3, 0.4) is 0 Å². The van der Waals surface area contributed by atoms with E-state index in [2.05, 4.69) is 38.2 Å². The third-order valence-corrected chi connectivity index (χ3v) is 3.71. The minimum absolute atomic E-state index is 0.00181. The minimum atomic E-state index is -0.157. The van der Waals surface area contributed by atoms with Crippen LogP contribution in [0.4, 0.5) is 0 Å². The van der Waals surface area contributed by atoms with Gasteiger partial charge in [0, 0.05) is 6.04 Å². The lowest BCUT2D eigenvalue weighted by atomic mass is 9.85. The number of ether oxygens (including phenoxy) is 1. The van der Waals surface area contributed by atoms with Gasteiger partial charge in [-0.15, -0.1) is 0 Å². The van der Waals surface area contributed by atoms with Crippen LogP contribution in [0.15, 0.2) is 12.1 Å². The van der Waals surface area contributed by atoms with Crippen molar-refractivity contribution in [3.8, 4) is 0 Å². The first-order chi connectivity index (χ1) is 8.96. The highest BCUT2D eigenvalue weighted by molar-refractivity contribution is 5.73. The van der Waals surface area contributed by atoms with Gasteiger partial charge in [-0.25, -0.2) is 0 Å². The lowest BCUT2D eigenvalue weighted by Gasteiger charge is -2.27. The Labute approximate surface area is 116 Å². The molecule has 0 saturated carbocycles. The number of rotatable bonds is 5. The third kappa shape index (κ3) is 3.35. The monoisotopic (exact) mass is 263 g/mol. The molecule has 0 bridgehead atoms. The number of carbonyl (C=O) groups is 1. The van der Waals surface area contributed by atoms with Crippen LogP contribution in [-0.2, 0) is 9.53 Å². The summed E-state index contributed by atoms with van der Waals surface area (Å²) in [5, 5.41) is 3.28. The SMILES string of the molecule is CCC(C(=O)OC)C(NC)c1c(C)cc(C)cc1C. The maximum atomic E-state index is 11.9. The summed E-state index contributed by atoms with van der Waals surface area (Å²) < 4.78 is 4.93. The van der Waals surface area contributed by atoms with Crippen LogP contribution in [0, 0.1) is 26.7 Å². The first kappa shape index (κ1) is 15.7. The van der Waals surface area contributed by atoms with E-state index in [1.54, 1.807) is 0 Å². The number of benzene rings is 1. The number of esters is 1. The predicted octanol–water partition coefficient (Wildman–Crippen LogP) is 3.07. The fourth-order valence-corrected chi connectivity index (χ4v) is 2.92. The molecular formula is C16H25NO2. The summed E-state index contributed by atoms with van der Waals surface area (Å²) in [6, 6.07) is 4.32. The Hall–Kier alpha value is -1.35. The molecule has 2 atom stereocenters. The molecule has 3 nitrogen and oxygen atoms in total. The van der Waals surface area contributed by atoms with Gasteiger partial charge in [-0.05, 0) is 50.9 Å². The molecule has 0 spiro atoms. The number of hydrogen-bond donors (Lipinski definition) is 1. The molecule has 19 heavy (non-hydrogen) atoms. The first-order valence-electron chi connectivity index (χ1n) is 6.79. The minimum Gasteiger partial charge on any atom is -0.469 e. The van der Waals surface area contributed by atoms with E-state index in [-0.39, 0.29) is 17.9 Å². The van der Waals surface area contributed by atoms with E-state index < -0.39 is 0 Å². The standard InChI is InChI=1S/C16H25NO2/c1-7-13(16(18)19-6)15(17-5)14-11(3)8-10(2)9-12(14)4/h8-9,13,15,17H,7H2,1-6H3. The Morgan fingerprint density at radius 3 is 2.16 bits per heavy atom. The smallest absolute Gasteiger partial charge is 0.310 e. The molecular weight excluding hydrogens is 238 g/mol. The second kappa shape index (κ2) is 6.71. The third-order valence-electron chi connectivity index (χ3n) is 3.71. The lowest BCUT2D eigenvalue weighted by Crippen LogP contribution is -2.32. The van der Waals surface area contributed by atoms with E-state index >= 15 is 0 Å². The second-order valence-corrected chi connectivity index (χ2v) is 5.12. The number of aryl methyl sites for hydroxylation is 3. The Morgan fingerprint density at radius 2 is 1.79 bits per heavy atom. The molecule has 0 aromatic heterocycles. The Bertz CT molecular complexity index is 431. The largest absolute Gasteiger partial charge is 0.469 e. The normalized spacial score (nSPS) is 14.0. The molecule has 0 amide bonds. The zero-order valence-corrected chi connectivity index (χ0v) is 12.8. The number of methoxy groups -OCH3 is 1. The molecule has 1 N–H and O–H groups in total. The highest BCUT2D eigenvalue weighted by atomic mass is 16.5. The average Bonchev–Trinajstić information content (AvgIpc) is 2.36. The molecule has 2 unspecified atom stereocenters. The van der Waals surface area contributed by atoms with Crippen molar-refractivity contribution in [2.45, 2.75) is 40.2 Å². The van der Waals surface area contributed by atoms with Crippen LogP contribution in [0.1, 0.15) is 41.6 Å². The van der Waals surface area contributed by atoms with Crippen LogP contribution in [0.5, 0.6) is 0 Å². The van der Waals surface area contributed by atoms with Crippen molar-refractivity contribution in [1.29, 1.82) is 0 Å². The van der Waals surface area contributed by atoms with Crippen LogP contribution < -0.4 is 5.32 Å². The molecule has 0 aliphatic heterocycles. The summed E-state index contributed by atoms with van der Waals surface area (Å²) in [5.74, 6) is -0.309. The van der Waals surface area contributed by atoms with E-state index in [1.165, 1.54) is 29.4 Å². The first-order valence-corrected chi connectivity index (χ1v) is 6.79. The fourth-order valence-electron chi connectivity index (χ4n) is 2.92. The van der Waals surface area contributed by atoms with E-state index in [9.17, 15) is 4.79 Å². The van der Waals surface area contributed by atoms with Gasteiger partial charge in [0.1, 0.15) is 0 Å². The molecule has 0 radical (unpaired) electrons. The maximum absolute atomic E-state index is 11.9. The molecule has 0 fully saturated rings. The second-order valence-electron chi connectivity index (χ2n) is 5.12. The van der Waals surface area contributed by atoms with Crippen LogP contribution in [0.2, 0.25) is 0 Å². The van der Waals surface area contributed by atoms with Gasteiger partial charge in [-0.1, -0.05) is 24.6 Å². The molecule has 0 aliphatic carbocycles. The van der Waals surface area contributed by atoms with Gasteiger partial charge in [0.25, 0.3) is 0 Å². The van der Waals surface area contributed by atoms with Crippen molar-refractivity contribution < 1.29 is 9.53 Å². The van der Waals surface area contributed by atoms with Gasteiger partial charge in [-0.3, -0.25) is 4.79 Å². The van der Waals surface area contributed by atoms with Crippen LogP contribution in [0.25, 0.3) is 0 Å². The summed E-state index contributed by atoms with van der Waals surface area (Å²) in [6.45, 7) is 8.31. The molecule has 1 aromatic carbocycles. The van der Waals surface area contributed by atoms with Crippen LogP contribution in [-0.4, -0.2) is 20.1 Å². The molecule has 106 valence electrons. The quantitative estimate of drug-likeness (QED) is 0.830. The van der Waals surface area contributed by atoms with Crippen molar-refractivity contribution in [1.82, 2.24) is 5.32 Å². The number of hydrogen-bond acceptors (Lipinski definition) is 3. The Morgan fingerprint density at radius 1 is 1.26 bits per heavy atom. The van der Waals surface area contributed by atoms with Gasteiger partial charge >= 0.3 is 5.97 Å². The van der Waals surface area contributed by atoms with Gasteiger partial charge < -0.3 is 10.1 Å². The zero-order valence-electron chi connectivity index (χ0n) is 12.8. The summed E-state index contributed by atoms with van der Waals surface area (Å²) >= 11 is 0. The molecule has 1 aromatic rings. The molecule has 0 heterocycles. The topological polar surface area (TPSA) is 38.3 Å².